The number of aromatic nitrogens is 2. The number of nitrogens with zero attached hydrogens (tertiary/aromatic N) is 1. The van der Waals surface area contributed by atoms with Crippen LogP contribution in [-0.4, -0.2) is 10.2 Å². The molecule has 0 aliphatic heterocycles. The Bertz CT molecular complexity index is 433. The van der Waals surface area contributed by atoms with Gasteiger partial charge in [0.05, 0.1) is 0 Å². The SMILES string of the molecule is O=c1[nH]n[c-]c2ccccc12.[Y+3]. The predicted octanol–water partition coefficient (Wildman–Crippen LogP) is 0.721. The van der Waals surface area contributed by atoms with E-state index >= 15 is 0 Å². The van der Waals surface area contributed by atoms with Gasteiger partial charge >= 0.3 is 32.7 Å². The van der Waals surface area contributed by atoms with Crippen molar-refractivity contribution in [3.8, 4) is 0 Å². The Hall–Kier alpha value is -0.536. The maximum Gasteiger partial charge on any atom is 3.00 e. The summed E-state index contributed by atoms with van der Waals surface area (Å²) in [5, 5.41) is 7.24. The molecular weight excluding hydrogens is 229 g/mol. The normalized spacial score (nSPS) is 9.33. The maximum atomic E-state index is 11.0. The summed E-state index contributed by atoms with van der Waals surface area (Å²) in [6.07, 6.45) is 2.69. The summed E-state index contributed by atoms with van der Waals surface area (Å²) in [6.45, 7) is 0. The monoisotopic (exact) mass is 234 g/mol. The first kappa shape index (κ1) is 9.55. The van der Waals surface area contributed by atoms with E-state index in [-0.39, 0.29) is 38.3 Å². The van der Waals surface area contributed by atoms with Gasteiger partial charge in [-0.05, 0) is 6.20 Å². The molecule has 3 nitrogen and oxygen atoms in total. The first-order chi connectivity index (χ1) is 5.38. The van der Waals surface area contributed by atoms with Crippen molar-refractivity contribution >= 4 is 10.8 Å². The summed E-state index contributed by atoms with van der Waals surface area (Å²) < 4.78 is 0. The second kappa shape index (κ2) is 3.92. The van der Waals surface area contributed by atoms with Gasteiger partial charge in [-0.2, -0.15) is 11.5 Å². The van der Waals surface area contributed by atoms with Crippen molar-refractivity contribution in [2.24, 2.45) is 0 Å². The van der Waals surface area contributed by atoms with Crippen LogP contribution in [0.2, 0.25) is 0 Å². The van der Waals surface area contributed by atoms with Crippen molar-refractivity contribution in [3.63, 3.8) is 0 Å². The molecule has 0 atom stereocenters. The zero-order valence-corrected chi connectivity index (χ0v) is 9.08. The zero-order valence-electron chi connectivity index (χ0n) is 6.24. The van der Waals surface area contributed by atoms with E-state index < -0.39 is 0 Å². The molecule has 0 unspecified atom stereocenters. The average molecular weight is 234 g/mol. The molecule has 1 aromatic heterocycles. The van der Waals surface area contributed by atoms with Gasteiger partial charge in [-0.15, -0.1) is 12.1 Å². The number of rotatable bonds is 0. The smallest absolute Gasteiger partial charge is 0.283 e. The third kappa shape index (κ3) is 1.62. The van der Waals surface area contributed by atoms with Crippen LogP contribution < -0.4 is 5.56 Å². The van der Waals surface area contributed by atoms with E-state index in [9.17, 15) is 4.79 Å². The summed E-state index contributed by atoms with van der Waals surface area (Å²) in [5.41, 5.74) is -0.167. The van der Waals surface area contributed by atoms with E-state index in [1.165, 1.54) is 0 Å². The van der Waals surface area contributed by atoms with E-state index in [1.54, 1.807) is 12.1 Å². The Balaban J connectivity index is 0.000000720. The van der Waals surface area contributed by atoms with E-state index in [0.717, 1.165) is 5.39 Å². The number of aromatic amines is 1. The van der Waals surface area contributed by atoms with Crippen molar-refractivity contribution in [2.45, 2.75) is 0 Å². The summed E-state index contributed by atoms with van der Waals surface area (Å²) >= 11 is 0. The van der Waals surface area contributed by atoms with E-state index in [1.807, 2.05) is 12.1 Å². The van der Waals surface area contributed by atoms with Crippen molar-refractivity contribution in [3.05, 3.63) is 40.8 Å². The van der Waals surface area contributed by atoms with E-state index in [0.29, 0.717) is 5.39 Å². The third-order valence-corrected chi connectivity index (χ3v) is 1.51. The van der Waals surface area contributed by atoms with Crippen LogP contribution in [0.15, 0.2) is 29.1 Å². The number of nitrogens with one attached hydrogen (secondary N) is 1. The number of H-pyrrole nitrogens is 1. The van der Waals surface area contributed by atoms with Gasteiger partial charge in [-0.25, -0.2) is 0 Å². The summed E-state index contributed by atoms with van der Waals surface area (Å²) in [7, 11) is 0. The minimum Gasteiger partial charge on any atom is -0.283 e. The topological polar surface area (TPSA) is 45.8 Å². The largest absolute Gasteiger partial charge is 3.00 e. The summed E-state index contributed by atoms with van der Waals surface area (Å²) in [5.74, 6) is 0. The van der Waals surface area contributed by atoms with Gasteiger partial charge in [-0.3, -0.25) is 15.0 Å². The minimum atomic E-state index is -0.167. The fourth-order valence-corrected chi connectivity index (χ4v) is 0.978. The number of fused-ring (bicyclic) bond motifs is 1. The Morgan fingerprint density at radius 3 is 2.83 bits per heavy atom. The van der Waals surface area contributed by atoms with Crippen LogP contribution in [0.5, 0.6) is 0 Å². The standard InChI is InChI=1S/C8H5N2O.Y/c11-8-7-4-2-1-3-6(7)5-9-10-8;/h1-4H,(H,10,11);/q-1;+3. The van der Waals surface area contributed by atoms with Gasteiger partial charge < -0.3 is 0 Å². The molecule has 0 spiro atoms. The van der Waals surface area contributed by atoms with Crippen molar-refractivity contribution in [1.82, 2.24) is 10.2 Å². The Morgan fingerprint density at radius 2 is 2.08 bits per heavy atom. The molecule has 0 amide bonds. The molecule has 4 heteroatoms. The van der Waals surface area contributed by atoms with Crippen LogP contribution in [0.3, 0.4) is 0 Å². The van der Waals surface area contributed by atoms with E-state index in [2.05, 4.69) is 16.4 Å². The van der Waals surface area contributed by atoms with Crippen molar-refractivity contribution < 1.29 is 32.7 Å². The van der Waals surface area contributed by atoms with Crippen molar-refractivity contribution in [2.75, 3.05) is 0 Å². The molecule has 2 rings (SSSR count). The molecule has 0 saturated heterocycles. The third-order valence-electron chi connectivity index (χ3n) is 1.51. The van der Waals surface area contributed by atoms with Gasteiger partial charge in [0.25, 0.3) is 0 Å². The molecular formula is C8H5N2OY+2. The Kier molecular flexibility index (Phi) is 3.12. The molecule has 0 fully saturated rings. The molecule has 0 saturated carbocycles. The fourth-order valence-electron chi connectivity index (χ4n) is 0.978. The van der Waals surface area contributed by atoms with Crippen LogP contribution >= 0.6 is 0 Å². The maximum absolute atomic E-state index is 11.0. The first-order valence-corrected chi connectivity index (χ1v) is 3.23. The van der Waals surface area contributed by atoms with Crippen LogP contribution in [0.4, 0.5) is 0 Å². The van der Waals surface area contributed by atoms with Crippen LogP contribution in [0.1, 0.15) is 0 Å². The zero-order chi connectivity index (χ0) is 7.68. The predicted molar refractivity (Wildman–Crippen MR) is 41.2 cm³/mol. The van der Waals surface area contributed by atoms with Gasteiger partial charge in [0, 0.05) is 0 Å². The van der Waals surface area contributed by atoms with Gasteiger partial charge in [-0.1, -0.05) is 11.5 Å². The molecule has 54 valence electrons. The summed E-state index contributed by atoms with van der Waals surface area (Å²) in [6, 6.07) is 7.20. The molecule has 0 bridgehead atoms. The molecule has 2 aromatic rings. The molecule has 12 heavy (non-hydrogen) atoms. The van der Waals surface area contributed by atoms with E-state index in [4.69, 9.17) is 0 Å². The average Bonchev–Trinajstić information content (AvgIpc) is 2.06. The minimum absolute atomic E-state index is 0. The number of benzene rings is 1. The van der Waals surface area contributed by atoms with Crippen LogP contribution in [0, 0.1) is 6.20 Å². The first-order valence-electron chi connectivity index (χ1n) is 3.23. The number of hydrogen-bond acceptors (Lipinski definition) is 2. The number of hydrogen-bond donors (Lipinski definition) is 1. The summed E-state index contributed by atoms with van der Waals surface area (Å²) in [4.78, 5) is 11.0. The second-order valence-electron chi connectivity index (χ2n) is 2.21. The van der Waals surface area contributed by atoms with Gasteiger partial charge in [0.15, 0.2) is 0 Å². The Morgan fingerprint density at radius 1 is 1.33 bits per heavy atom. The molecule has 1 aromatic carbocycles. The van der Waals surface area contributed by atoms with Crippen LogP contribution in [-0.2, 0) is 32.7 Å². The van der Waals surface area contributed by atoms with Gasteiger partial charge in [0.1, 0.15) is 0 Å². The molecule has 1 N–H and O–H groups in total. The quantitative estimate of drug-likeness (QED) is 0.682. The second-order valence-corrected chi connectivity index (χ2v) is 2.21. The molecule has 0 aliphatic rings. The van der Waals surface area contributed by atoms with Crippen molar-refractivity contribution in [1.29, 1.82) is 0 Å². The fraction of sp³-hybridized carbons (Fsp3) is 0. The molecule has 1 heterocycles. The molecule has 0 radical (unpaired) electrons. The molecule has 0 aliphatic carbocycles. The Labute approximate surface area is 94.1 Å². The van der Waals surface area contributed by atoms with Gasteiger partial charge in [0.2, 0.25) is 5.56 Å². The van der Waals surface area contributed by atoms with Crippen LogP contribution in [0.25, 0.3) is 10.8 Å².